The van der Waals surface area contributed by atoms with E-state index in [1.54, 1.807) is 24.3 Å². The number of anilines is 1. The Labute approximate surface area is 155 Å². The smallest absolute Gasteiger partial charge is 0.269 e. The maximum absolute atomic E-state index is 12.2. The lowest BCUT2D eigenvalue weighted by Crippen LogP contribution is -2.43. The Bertz CT molecular complexity index is 876. The summed E-state index contributed by atoms with van der Waals surface area (Å²) in [6.07, 6.45) is 2.46. The summed E-state index contributed by atoms with van der Waals surface area (Å²) in [5.41, 5.74) is 8.56. The number of thiocarbonyl (C=S) groups is 1. The van der Waals surface area contributed by atoms with Gasteiger partial charge in [-0.15, -0.1) is 5.10 Å². The molecule has 0 aliphatic heterocycles. The molecule has 26 heavy (non-hydrogen) atoms. The number of carbonyl (C=O) groups excluding carboxylic acids is 1. The van der Waals surface area contributed by atoms with E-state index in [-0.39, 0.29) is 5.91 Å². The monoisotopic (exact) mass is 367 g/mol. The zero-order valence-electron chi connectivity index (χ0n) is 14.0. The van der Waals surface area contributed by atoms with Gasteiger partial charge in [0.25, 0.3) is 5.91 Å². The van der Waals surface area contributed by atoms with E-state index in [0.717, 1.165) is 17.8 Å². The summed E-state index contributed by atoms with van der Waals surface area (Å²) >= 11 is 5.18. The van der Waals surface area contributed by atoms with E-state index in [0.29, 0.717) is 10.7 Å². The molecule has 1 aromatic heterocycles. The molecular formula is C17H17N7OS. The first kappa shape index (κ1) is 17.5. The van der Waals surface area contributed by atoms with Crippen LogP contribution in [0.2, 0.25) is 0 Å². The summed E-state index contributed by atoms with van der Waals surface area (Å²) < 4.78 is 1.50. The number of aryl methyl sites for hydroxylation is 1. The van der Waals surface area contributed by atoms with Gasteiger partial charge in [-0.05, 0) is 71.0 Å². The van der Waals surface area contributed by atoms with Gasteiger partial charge in [0, 0.05) is 11.3 Å². The van der Waals surface area contributed by atoms with Crippen LogP contribution < -0.4 is 16.2 Å². The molecule has 0 aliphatic carbocycles. The normalized spacial score (nSPS) is 10.2. The van der Waals surface area contributed by atoms with Gasteiger partial charge in [0.05, 0.1) is 5.69 Å². The van der Waals surface area contributed by atoms with E-state index in [9.17, 15) is 4.79 Å². The van der Waals surface area contributed by atoms with Gasteiger partial charge >= 0.3 is 0 Å². The molecule has 0 fully saturated rings. The van der Waals surface area contributed by atoms with Crippen LogP contribution in [0.3, 0.4) is 0 Å². The van der Waals surface area contributed by atoms with Crippen LogP contribution in [-0.4, -0.2) is 31.2 Å². The third-order valence-corrected chi connectivity index (χ3v) is 3.86. The van der Waals surface area contributed by atoms with Gasteiger partial charge in [0.15, 0.2) is 5.11 Å². The predicted molar refractivity (Wildman–Crippen MR) is 102 cm³/mol. The van der Waals surface area contributed by atoms with Gasteiger partial charge in [0.1, 0.15) is 6.33 Å². The fourth-order valence-corrected chi connectivity index (χ4v) is 2.39. The van der Waals surface area contributed by atoms with Crippen molar-refractivity contribution in [2.75, 3.05) is 5.32 Å². The fourth-order valence-electron chi connectivity index (χ4n) is 2.22. The molecular weight excluding hydrogens is 350 g/mol. The van der Waals surface area contributed by atoms with Crippen molar-refractivity contribution < 1.29 is 4.79 Å². The number of rotatable bonds is 4. The van der Waals surface area contributed by atoms with Crippen LogP contribution in [0.5, 0.6) is 0 Å². The lowest BCUT2D eigenvalue weighted by Gasteiger charge is -2.12. The summed E-state index contributed by atoms with van der Waals surface area (Å²) in [5, 5.41) is 14.2. The van der Waals surface area contributed by atoms with Crippen LogP contribution >= 0.6 is 12.2 Å². The summed E-state index contributed by atoms with van der Waals surface area (Å²) in [6, 6.07) is 14.8. The first-order valence-corrected chi connectivity index (χ1v) is 8.36. The topological polar surface area (TPSA) is 96.8 Å². The Morgan fingerprint density at radius 1 is 1.08 bits per heavy atom. The zero-order valence-corrected chi connectivity index (χ0v) is 14.8. The Hall–Kier alpha value is -3.33. The minimum Gasteiger partial charge on any atom is -0.331 e. The Morgan fingerprint density at radius 3 is 2.42 bits per heavy atom. The highest BCUT2D eigenvalue weighted by Gasteiger charge is 2.07. The third-order valence-electron chi connectivity index (χ3n) is 3.65. The fraction of sp³-hybridized carbons (Fsp3) is 0.118. The van der Waals surface area contributed by atoms with E-state index in [1.165, 1.54) is 16.6 Å². The van der Waals surface area contributed by atoms with Crippen molar-refractivity contribution in [3.63, 3.8) is 0 Å². The van der Waals surface area contributed by atoms with Crippen molar-refractivity contribution in [1.82, 2.24) is 31.1 Å². The van der Waals surface area contributed by atoms with Crippen molar-refractivity contribution in [2.24, 2.45) is 0 Å². The molecule has 0 saturated heterocycles. The highest BCUT2D eigenvalue weighted by Crippen LogP contribution is 2.10. The van der Waals surface area contributed by atoms with Crippen LogP contribution in [0.15, 0.2) is 54.9 Å². The Balaban J connectivity index is 1.52. The number of hydrogen-bond acceptors (Lipinski definition) is 5. The SMILES string of the molecule is CCc1ccc(NC(=S)NNC(=O)c2ccc(-n3cnnn3)cc2)cc1. The average molecular weight is 367 g/mol. The molecule has 8 nitrogen and oxygen atoms in total. The highest BCUT2D eigenvalue weighted by molar-refractivity contribution is 7.80. The average Bonchev–Trinajstić information content (AvgIpc) is 3.21. The molecule has 3 N–H and O–H groups in total. The van der Waals surface area contributed by atoms with Gasteiger partial charge in [-0.2, -0.15) is 0 Å². The first-order valence-electron chi connectivity index (χ1n) is 7.95. The van der Waals surface area contributed by atoms with Crippen molar-refractivity contribution in [3.8, 4) is 5.69 Å². The molecule has 1 amide bonds. The highest BCUT2D eigenvalue weighted by atomic mass is 32.1. The molecule has 0 bridgehead atoms. The Kier molecular flexibility index (Phi) is 5.49. The quantitative estimate of drug-likeness (QED) is 0.478. The van der Waals surface area contributed by atoms with Crippen molar-refractivity contribution in [2.45, 2.75) is 13.3 Å². The molecule has 2 aromatic carbocycles. The van der Waals surface area contributed by atoms with Crippen LogP contribution in [0.4, 0.5) is 5.69 Å². The molecule has 1 heterocycles. The molecule has 132 valence electrons. The lowest BCUT2D eigenvalue weighted by molar-refractivity contribution is 0.0944. The summed E-state index contributed by atoms with van der Waals surface area (Å²) in [5.74, 6) is -0.307. The minimum atomic E-state index is -0.307. The predicted octanol–water partition coefficient (Wildman–Crippen LogP) is 1.86. The second kappa shape index (κ2) is 8.17. The standard InChI is InChI=1S/C17H17N7OS/c1-2-12-3-7-14(8-4-12)19-17(26)21-20-16(25)13-5-9-15(10-6-13)24-11-18-22-23-24/h3-11H,2H2,1H3,(H,20,25)(H2,19,21,26). The molecule has 9 heteroatoms. The van der Waals surface area contributed by atoms with Gasteiger partial charge in [-0.1, -0.05) is 19.1 Å². The Morgan fingerprint density at radius 2 is 1.81 bits per heavy atom. The van der Waals surface area contributed by atoms with E-state index in [4.69, 9.17) is 12.2 Å². The van der Waals surface area contributed by atoms with Crippen molar-refractivity contribution in [3.05, 3.63) is 66.0 Å². The van der Waals surface area contributed by atoms with Crippen LogP contribution in [0.1, 0.15) is 22.8 Å². The van der Waals surface area contributed by atoms with Crippen LogP contribution in [-0.2, 0) is 6.42 Å². The number of amides is 1. The number of nitrogens with zero attached hydrogens (tertiary/aromatic N) is 4. The number of nitrogens with one attached hydrogen (secondary N) is 3. The van der Waals surface area contributed by atoms with Gasteiger partial charge < -0.3 is 5.32 Å². The second-order valence-corrected chi connectivity index (χ2v) is 5.79. The third kappa shape index (κ3) is 4.39. The number of carbonyl (C=O) groups is 1. The van der Waals surface area contributed by atoms with E-state index < -0.39 is 0 Å². The second-order valence-electron chi connectivity index (χ2n) is 5.38. The maximum atomic E-state index is 12.2. The van der Waals surface area contributed by atoms with Crippen molar-refractivity contribution >= 4 is 28.9 Å². The van der Waals surface area contributed by atoms with E-state index >= 15 is 0 Å². The molecule has 0 saturated carbocycles. The van der Waals surface area contributed by atoms with Gasteiger partial charge in [-0.3, -0.25) is 15.6 Å². The number of aromatic nitrogens is 4. The largest absolute Gasteiger partial charge is 0.331 e. The van der Waals surface area contributed by atoms with Gasteiger partial charge in [0.2, 0.25) is 0 Å². The molecule has 3 aromatic rings. The van der Waals surface area contributed by atoms with Crippen molar-refractivity contribution in [1.29, 1.82) is 0 Å². The van der Waals surface area contributed by atoms with Gasteiger partial charge in [-0.25, -0.2) is 4.68 Å². The summed E-state index contributed by atoms with van der Waals surface area (Å²) in [6.45, 7) is 2.10. The maximum Gasteiger partial charge on any atom is 0.269 e. The lowest BCUT2D eigenvalue weighted by atomic mass is 10.1. The number of tetrazole rings is 1. The first-order chi connectivity index (χ1) is 12.7. The molecule has 0 spiro atoms. The molecule has 3 rings (SSSR count). The number of hydrazine groups is 1. The number of hydrogen-bond donors (Lipinski definition) is 3. The zero-order chi connectivity index (χ0) is 18.4. The molecule has 0 aliphatic rings. The number of benzene rings is 2. The molecule has 0 radical (unpaired) electrons. The van der Waals surface area contributed by atoms with E-state index in [1.807, 2.05) is 24.3 Å². The molecule has 0 unspecified atom stereocenters. The minimum absolute atomic E-state index is 0.299. The van der Waals surface area contributed by atoms with Crippen LogP contribution in [0, 0.1) is 0 Å². The molecule has 0 atom stereocenters. The summed E-state index contributed by atoms with van der Waals surface area (Å²) in [7, 11) is 0. The van der Waals surface area contributed by atoms with Crippen LogP contribution in [0.25, 0.3) is 5.69 Å². The summed E-state index contributed by atoms with van der Waals surface area (Å²) in [4.78, 5) is 12.2. The van der Waals surface area contributed by atoms with E-state index in [2.05, 4.69) is 38.6 Å².